The number of nitrogens with zero attached hydrogens (tertiary/aromatic N) is 1. The first-order chi connectivity index (χ1) is 9.44. The fraction of sp³-hybridized carbons (Fsp3) is 0.500. The number of hydrogen-bond acceptors (Lipinski definition) is 4. The molecule has 2 heterocycles. The van der Waals surface area contributed by atoms with Crippen LogP contribution in [-0.4, -0.2) is 17.5 Å². The van der Waals surface area contributed by atoms with E-state index in [0.29, 0.717) is 0 Å². The molecular weight excluding hydrogens is 268 g/mol. The number of hydrogen-bond donors (Lipinski definition) is 1. The lowest BCUT2D eigenvalue weighted by Gasteiger charge is -2.21. The minimum atomic E-state index is 0.104. The maximum absolute atomic E-state index is 5.61. The molecule has 0 bridgehead atoms. The smallest absolute Gasteiger partial charge is 0.122 e. The average molecular weight is 292 g/mol. The van der Waals surface area contributed by atoms with Gasteiger partial charge in [-0.05, 0) is 45.3 Å². The van der Waals surface area contributed by atoms with Crippen molar-refractivity contribution in [2.45, 2.75) is 45.9 Å². The average Bonchev–Trinajstić information content (AvgIpc) is 2.97. The summed E-state index contributed by atoms with van der Waals surface area (Å²) in [5, 5.41) is 5.60. The van der Waals surface area contributed by atoms with Crippen LogP contribution in [-0.2, 0) is 19.6 Å². The molecule has 0 saturated carbocycles. The van der Waals surface area contributed by atoms with Gasteiger partial charge < -0.3 is 9.73 Å². The highest BCUT2D eigenvalue weighted by atomic mass is 32.1. The van der Waals surface area contributed by atoms with Crippen LogP contribution in [0.1, 0.15) is 37.0 Å². The van der Waals surface area contributed by atoms with E-state index in [1.54, 1.807) is 17.6 Å². The molecule has 20 heavy (non-hydrogen) atoms. The number of nitrogens with one attached hydrogen (secondary N) is 1. The number of thiophene rings is 1. The molecule has 0 unspecified atom stereocenters. The van der Waals surface area contributed by atoms with Crippen LogP contribution >= 0.6 is 11.3 Å². The Balaban J connectivity index is 1.91. The second-order valence-electron chi connectivity index (χ2n) is 6.22. The third-order valence-electron chi connectivity index (χ3n) is 3.06. The van der Waals surface area contributed by atoms with E-state index in [2.05, 4.69) is 61.6 Å². The first-order valence-corrected chi connectivity index (χ1v) is 7.83. The van der Waals surface area contributed by atoms with Crippen LogP contribution in [0.4, 0.5) is 0 Å². The van der Waals surface area contributed by atoms with Gasteiger partial charge in [0.2, 0.25) is 0 Å². The van der Waals surface area contributed by atoms with Gasteiger partial charge in [-0.1, -0.05) is 6.07 Å². The Morgan fingerprint density at radius 3 is 2.70 bits per heavy atom. The third kappa shape index (κ3) is 4.78. The van der Waals surface area contributed by atoms with Crippen molar-refractivity contribution in [3.05, 3.63) is 46.0 Å². The first kappa shape index (κ1) is 15.3. The molecule has 4 heteroatoms. The van der Waals surface area contributed by atoms with E-state index in [-0.39, 0.29) is 5.54 Å². The molecule has 0 aliphatic rings. The van der Waals surface area contributed by atoms with E-state index in [4.69, 9.17) is 4.42 Å². The van der Waals surface area contributed by atoms with E-state index in [1.165, 1.54) is 10.4 Å². The van der Waals surface area contributed by atoms with Gasteiger partial charge in [0.25, 0.3) is 0 Å². The lowest BCUT2D eigenvalue weighted by atomic mass is 10.1. The largest absolute Gasteiger partial charge is 0.468 e. The van der Waals surface area contributed by atoms with Crippen molar-refractivity contribution in [3.63, 3.8) is 0 Å². The van der Waals surface area contributed by atoms with Crippen LogP contribution in [0.3, 0.4) is 0 Å². The molecule has 0 saturated heterocycles. The molecule has 2 rings (SSSR count). The molecule has 2 aromatic heterocycles. The van der Waals surface area contributed by atoms with Crippen molar-refractivity contribution >= 4 is 11.3 Å². The standard InChI is InChI=1S/C16H24N2OS/c1-16(2,3)17-10-15-13(7-8-19-15)11-18(4)12-14-6-5-9-20-14/h5-9,17H,10-12H2,1-4H3. The molecule has 0 aromatic carbocycles. The van der Waals surface area contributed by atoms with Crippen molar-refractivity contribution in [1.82, 2.24) is 10.2 Å². The predicted molar refractivity (Wildman–Crippen MR) is 84.8 cm³/mol. The Morgan fingerprint density at radius 2 is 2.05 bits per heavy atom. The highest BCUT2D eigenvalue weighted by Crippen LogP contribution is 2.17. The topological polar surface area (TPSA) is 28.4 Å². The molecule has 0 amide bonds. The van der Waals surface area contributed by atoms with Gasteiger partial charge in [-0.2, -0.15) is 0 Å². The summed E-state index contributed by atoms with van der Waals surface area (Å²) in [5.41, 5.74) is 1.37. The summed E-state index contributed by atoms with van der Waals surface area (Å²) in [6.07, 6.45) is 1.79. The molecule has 1 N–H and O–H groups in total. The quantitative estimate of drug-likeness (QED) is 0.876. The molecule has 0 atom stereocenters. The number of rotatable bonds is 6. The van der Waals surface area contributed by atoms with Gasteiger partial charge in [0.15, 0.2) is 0 Å². The van der Waals surface area contributed by atoms with E-state index < -0.39 is 0 Å². The number of furan rings is 1. The van der Waals surface area contributed by atoms with Gasteiger partial charge in [-0.3, -0.25) is 4.90 Å². The van der Waals surface area contributed by atoms with Crippen LogP contribution in [0.5, 0.6) is 0 Å². The first-order valence-electron chi connectivity index (χ1n) is 6.95. The van der Waals surface area contributed by atoms with Gasteiger partial charge in [-0.15, -0.1) is 11.3 Å². The van der Waals surface area contributed by atoms with Crippen LogP contribution in [0.2, 0.25) is 0 Å². The van der Waals surface area contributed by atoms with Crippen molar-refractivity contribution in [2.24, 2.45) is 0 Å². The van der Waals surface area contributed by atoms with Crippen LogP contribution in [0.15, 0.2) is 34.3 Å². The molecule has 0 aliphatic heterocycles. The monoisotopic (exact) mass is 292 g/mol. The highest BCUT2D eigenvalue weighted by molar-refractivity contribution is 7.09. The fourth-order valence-corrected chi connectivity index (χ4v) is 2.81. The van der Waals surface area contributed by atoms with Gasteiger partial charge >= 0.3 is 0 Å². The lowest BCUT2D eigenvalue weighted by molar-refractivity contribution is 0.315. The summed E-state index contributed by atoms with van der Waals surface area (Å²) in [6.45, 7) is 9.17. The maximum Gasteiger partial charge on any atom is 0.122 e. The van der Waals surface area contributed by atoms with Crippen LogP contribution in [0, 0.1) is 0 Å². The van der Waals surface area contributed by atoms with Crippen LogP contribution < -0.4 is 5.32 Å². The molecule has 2 aromatic rings. The Bertz CT molecular complexity index is 511. The van der Waals surface area contributed by atoms with Gasteiger partial charge in [0, 0.05) is 29.1 Å². The van der Waals surface area contributed by atoms with Crippen LogP contribution in [0.25, 0.3) is 0 Å². The summed E-state index contributed by atoms with van der Waals surface area (Å²) >= 11 is 1.80. The zero-order chi connectivity index (χ0) is 14.6. The van der Waals surface area contributed by atoms with Gasteiger partial charge in [-0.25, -0.2) is 0 Å². The van der Waals surface area contributed by atoms with E-state index in [1.807, 2.05) is 0 Å². The Hall–Kier alpha value is -1.10. The zero-order valence-electron chi connectivity index (χ0n) is 12.8. The van der Waals surface area contributed by atoms with Crippen molar-refractivity contribution in [2.75, 3.05) is 7.05 Å². The van der Waals surface area contributed by atoms with E-state index in [0.717, 1.165) is 25.4 Å². The minimum absolute atomic E-state index is 0.104. The highest BCUT2D eigenvalue weighted by Gasteiger charge is 2.13. The van der Waals surface area contributed by atoms with Crippen molar-refractivity contribution in [1.29, 1.82) is 0 Å². The SMILES string of the molecule is CN(Cc1cccs1)Cc1ccoc1CNC(C)(C)C. The van der Waals surface area contributed by atoms with E-state index >= 15 is 0 Å². The maximum atomic E-state index is 5.61. The lowest BCUT2D eigenvalue weighted by Crippen LogP contribution is -2.35. The minimum Gasteiger partial charge on any atom is -0.468 e. The molecule has 110 valence electrons. The molecule has 3 nitrogen and oxygen atoms in total. The predicted octanol–water partition coefficient (Wildman–Crippen LogP) is 3.86. The molecule has 0 aliphatic carbocycles. The fourth-order valence-electron chi connectivity index (χ4n) is 2.02. The zero-order valence-corrected chi connectivity index (χ0v) is 13.6. The normalized spacial score (nSPS) is 12.2. The van der Waals surface area contributed by atoms with Crippen molar-refractivity contribution in [3.8, 4) is 0 Å². The Morgan fingerprint density at radius 1 is 1.25 bits per heavy atom. The van der Waals surface area contributed by atoms with Crippen molar-refractivity contribution < 1.29 is 4.42 Å². The molecule has 0 radical (unpaired) electrons. The molecular formula is C16H24N2OS. The summed E-state index contributed by atoms with van der Waals surface area (Å²) in [7, 11) is 2.15. The van der Waals surface area contributed by atoms with E-state index in [9.17, 15) is 0 Å². The molecule has 0 fully saturated rings. The summed E-state index contributed by atoms with van der Waals surface area (Å²) in [6, 6.07) is 6.35. The second-order valence-corrected chi connectivity index (χ2v) is 7.26. The van der Waals surface area contributed by atoms with Gasteiger partial charge in [0.1, 0.15) is 5.76 Å². The summed E-state index contributed by atoms with van der Waals surface area (Å²) < 4.78 is 5.61. The second kappa shape index (κ2) is 6.57. The third-order valence-corrected chi connectivity index (χ3v) is 3.92. The summed E-state index contributed by atoms with van der Waals surface area (Å²) in [5.74, 6) is 1.04. The Kier molecular flexibility index (Phi) is 5.02. The van der Waals surface area contributed by atoms with Gasteiger partial charge in [0.05, 0.1) is 12.8 Å². The summed E-state index contributed by atoms with van der Waals surface area (Å²) in [4.78, 5) is 3.71. The Labute approximate surface area is 125 Å². The molecule has 0 spiro atoms.